The second kappa shape index (κ2) is 8.98. The molecule has 2 nitrogen and oxygen atoms in total. The van der Waals surface area contributed by atoms with Gasteiger partial charge in [-0.25, -0.2) is 0 Å². The maximum atomic E-state index is 5.68. The minimum Gasteiger partial charge on any atom is -0.399 e. The Hall–Kier alpha value is -1.02. The van der Waals surface area contributed by atoms with Gasteiger partial charge in [0, 0.05) is 12.2 Å². The van der Waals surface area contributed by atoms with Gasteiger partial charge in [0.1, 0.15) is 0 Å². The third-order valence-electron chi connectivity index (χ3n) is 3.33. The van der Waals surface area contributed by atoms with Gasteiger partial charge in [0.2, 0.25) is 0 Å². The van der Waals surface area contributed by atoms with Crippen LogP contribution >= 0.6 is 0 Å². The van der Waals surface area contributed by atoms with Crippen molar-refractivity contribution < 1.29 is 0 Å². The van der Waals surface area contributed by atoms with E-state index in [0.717, 1.165) is 12.2 Å². The molecule has 0 aliphatic carbocycles. The summed E-state index contributed by atoms with van der Waals surface area (Å²) in [6.07, 6.45) is 8.20. The van der Waals surface area contributed by atoms with Crippen molar-refractivity contribution in [3.63, 3.8) is 0 Å². The largest absolute Gasteiger partial charge is 0.399 e. The Balaban J connectivity index is 2.10. The minimum absolute atomic E-state index is 0.845. The minimum atomic E-state index is 0.845. The first-order chi connectivity index (χ1) is 8.72. The smallest absolute Gasteiger partial charge is 0.0314 e. The Morgan fingerprint density at radius 1 is 0.944 bits per heavy atom. The van der Waals surface area contributed by atoms with Crippen LogP contribution in [0.1, 0.15) is 51.0 Å². The number of anilines is 1. The van der Waals surface area contributed by atoms with Crippen LogP contribution in [0.25, 0.3) is 0 Å². The zero-order valence-corrected chi connectivity index (χ0v) is 12.0. The van der Waals surface area contributed by atoms with Gasteiger partial charge in [0.25, 0.3) is 0 Å². The highest BCUT2D eigenvalue weighted by atomic mass is 15.1. The Kier molecular flexibility index (Phi) is 7.51. The maximum Gasteiger partial charge on any atom is 0.0314 e. The molecule has 0 aliphatic rings. The predicted octanol–water partition coefficient (Wildman–Crippen LogP) is 4.06. The summed E-state index contributed by atoms with van der Waals surface area (Å²) in [5.41, 5.74) is 7.87. The molecule has 1 aromatic rings. The molecule has 0 spiro atoms. The highest BCUT2D eigenvalue weighted by molar-refractivity contribution is 5.39. The van der Waals surface area contributed by atoms with E-state index in [1.54, 1.807) is 0 Å². The predicted molar refractivity (Wildman–Crippen MR) is 80.6 cm³/mol. The fourth-order valence-corrected chi connectivity index (χ4v) is 2.18. The zero-order valence-electron chi connectivity index (χ0n) is 12.0. The first-order valence-corrected chi connectivity index (χ1v) is 7.25. The van der Waals surface area contributed by atoms with Crippen LogP contribution in [0, 0.1) is 0 Å². The fourth-order valence-electron chi connectivity index (χ4n) is 2.18. The van der Waals surface area contributed by atoms with E-state index >= 15 is 0 Å². The summed E-state index contributed by atoms with van der Waals surface area (Å²) in [5.74, 6) is 0. The SMILES string of the molecule is CCCCCCCCN(C)Cc1ccc(N)cc1. The quantitative estimate of drug-likeness (QED) is 0.527. The van der Waals surface area contributed by atoms with Gasteiger partial charge in [-0.3, -0.25) is 0 Å². The van der Waals surface area contributed by atoms with Crippen LogP contribution in [-0.2, 0) is 6.54 Å². The molecule has 18 heavy (non-hydrogen) atoms. The summed E-state index contributed by atoms with van der Waals surface area (Å²) in [7, 11) is 2.20. The molecule has 0 aromatic heterocycles. The fraction of sp³-hybridized carbons (Fsp3) is 0.625. The number of nitrogens with zero attached hydrogens (tertiary/aromatic N) is 1. The van der Waals surface area contributed by atoms with Crippen LogP contribution in [0.3, 0.4) is 0 Å². The molecule has 0 fully saturated rings. The third-order valence-corrected chi connectivity index (χ3v) is 3.33. The molecule has 2 heteroatoms. The van der Waals surface area contributed by atoms with Gasteiger partial charge in [-0.15, -0.1) is 0 Å². The number of nitrogen functional groups attached to an aromatic ring is 1. The average molecular weight is 248 g/mol. The summed E-state index contributed by atoms with van der Waals surface area (Å²) >= 11 is 0. The van der Waals surface area contributed by atoms with Crippen LogP contribution in [0.4, 0.5) is 5.69 Å². The summed E-state index contributed by atoms with van der Waals surface area (Å²) in [4.78, 5) is 2.39. The van der Waals surface area contributed by atoms with Crippen LogP contribution in [0.5, 0.6) is 0 Å². The van der Waals surface area contributed by atoms with Crippen molar-refractivity contribution >= 4 is 5.69 Å². The first kappa shape index (κ1) is 15.0. The molecular formula is C16H28N2. The molecule has 0 saturated heterocycles. The second-order valence-electron chi connectivity index (χ2n) is 5.25. The van der Waals surface area contributed by atoms with Crippen molar-refractivity contribution in [2.24, 2.45) is 0 Å². The first-order valence-electron chi connectivity index (χ1n) is 7.25. The van der Waals surface area contributed by atoms with Gasteiger partial charge in [-0.1, -0.05) is 51.2 Å². The third kappa shape index (κ3) is 6.65. The van der Waals surface area contributed by atoms with Gasteiger partial charge in [-0.2, -0.15) is 0 Å². The molecule has 0 atom stereocenters. The molecule has 0 heterocycles. The van der Waals surface area contributed by atoms with E-state index in [1.165, 1.54) is 50.6 Å². The average Bonchev–Trinajstić information content (AvgIpc) is 2.36. The highest BCUT2D eigenvalue weighted by Gasteiger charge is 2.00. The standard InChI is InChI=1S/C16H28N2/c1-3-4-5-6-7-8-13-18(2)14-15-9-11-16(17)12-10-15/h9-12H,3-8,13-14,17H2,1-2H3. The van der Waals surface area contributed by atoms with Crippen molar-refractivity contribution in [1.29, 1.82) is 0 Å². The van der Waals surface area contributed by atoms with Crippen molar-refractivity contribution in [2.45, 2.75) is 52.0 Å². The lowest BCUT2D eigenvalue weighted by atomic mass is 10.1. The van der Waals surface area contributed by atoms with Gasteiger partial charge in [-0.05, 0) is 37.7 Å². The number of nitrogens with two attached hydrogens (primary N) is 1. The van der Waals surface area contributed by atoms with Crippen molar-refractivity contribution in [3.05, 3.63) is 29.8 Å². The lowest BCUT2D eigenvalue weighted by Gasteiger charge is -2.16. The molecule has 0 amide bonds. The van der Waals surface area contributed by atoms with Crippen molar-refractivity contribution in [1.82, 2.24) is 4.90 Å². The van der Waals surface area contributed by atoms with E-state index in [0.29, 0.717) is 0 Å². The molecule has 102 valence electrons. The lowest BCUT2D eigenvalue weighted by molar-refractivity contribution is 0.316. The van der Waals surface area contributed by atoms with Crippen LogP contribution in [-0.4, -0.2) is 18.5 Å². The van der Waals surface area contributed by atoms with Crippen LogP contribution in [0.2, 0.25) is 0 Å². The van der Waals surface area contributed by atoms with E-state index in [2.05, 4.69) is 31.0 Å². The maximum absolute atomic E-state index is 5.68. The monoisotopic (exact) mass is 248 g/mol. The normalized spacial score (nSPS) is 11.1. The number of hydrogen-bond acceptors (Lipinski definition) is 2. The Morgan fingerprint density at radius 2 is 1.56 bits per heavy atom. The highest BCUT2D eigenvalue weighted by Crippen LogP contribution is 2.09. The summed E-state index contributed by atoms with van der Waals surface area (Å²) in [6.45, 7) is 4.48. The van der Waals surface area contributed by atoms with Gasteiger partial charge in [0.05, 0.1) is 0 Å². The van der Waals surface area contributed by atoms with Gasteiger partial charge in [0.15, 0.2) is 0 Å². The van der Waals surface area contributed by atoms with E-state index in [9.17, 15) is 0 Å². The molecule has 1 aromatic carbocycles. The van der Waals surface area contributed by atoms with Crippen molar-refractivity contribution in [2.75, 3.05) is 19.3 Å². The number of benzene rings is 1. The summed E-state index contributed by atoms with van der Waals surface area (Å²) in [5, 5.41) is 0. The van der Waals surface area contributed by atoms with E-state index < -0.39 is 0 Å². The number of rotatable bonds is 9. The molecule has 0 unspecified atom stereocenters. The molecule has 0 radical (unpaired) electrons. The number of unbranched alkanes of at least 4 members (excludes halogenated alkanes) is 5. The van der Waals surface area contributed by atoms with Gasteiger partial charge >= 0.3 is 0 Å². The Bertz CT molecular complexity index is 305. The lowest BCUT2D eigenvalue weighted by Crippen LogP contribution is -2.19. The van der Waals surface area contributed by atoms with Gasteiger partial charge < -0.3 is 10.6 Å². The van der Waals surface area contributed by atoms with Crippen LogP contribution in [0.15, 0.2) is 24.3 Å². The topological polar surface area (TPSA) is 29.3 Å². The van der Waals surface area contributed by atoms with Crippen molar-refractivity contribution in [3.8, 4) is 0 Å². The molecule has 0 bridgehead atoms. The summed E-state index contributed by atoms with van der Waals surface area (Å²) < 4.78 is 0. The number of hydrogen-bond donors (Lipinski definition) is 1. The Labute approximate surface area is 112 Å². The second-order valence-corrected chi connectivity index (χ2v) is 5.25. The van der Waals surface area contributed by atoms with E-state index in [1.807, 2.05) is 12.1 Å². The molecular weight excluding hydrogens is 220 g/mol. The zero-order chi connectivity index (χ0) is 13.2. The summed E-state index contributed by atoms with van der Waals surface area (Å²) in [6, 6.07) is 8.20. The molecule has 0 saturated carbocycles. The molecule has 1 rings (SSSR count). The Morgan fingerprint density at radius 3 is 2.22 bits per heavy atom. The molecule has 2 N–H and O–H groups in total. The van der Waals surface area contributed by atoms with E-state index in [4.69, 9.17) is 5.73 Å². The van der Waals surface area contributed by atoms with Crippen LogP contribution < -0.4 is 5.73 Å². The van der Waals surface area contributed by atoms with E-state index in [-0.39, 0.29) is 0 Å². The molecule has 0 aliphatic heterocycles.